The summed E-state index contributed by atoms with van der Waals surface area (Å²) in [7, 11) is 0. The monoisotopic (exact) mass is 592 g/mol. The van der Waals surface area contributed by atoms with E-state index in [0.717, 1.165) is 38.5 Å². The van der Waals surface area contributed by atoms with Crippen LogP contribution < -0.4 is 15.5 Å². The number of hydrogen-bond acceptors (Lipinski definition) is 8. The van der Waals surface area contributed by atoms with Gasteiger partial charge < -0.3 is 20.1 Å². The molecule has 2 saturated carbocycles. The maximum absolute atomic E-state index is 13.5. The van der Waals surface area contributed by atoms with Crippen LogP contribution in [0, 0.1) is 5.92 Å². The molecule has 232 valence electrons. The van der Waals surface area contributed by atoms with Crippen molar-refractivity contribution in [2.45, 2.75) is 116 Å². The molecule has 3 fully saturated rings. The van der Waals surface area contributed by atoms with Crippen LogP contribution in [-0.4, -0.2) is 55.9 Å². The van der Waals surface area contributed by atoms with Crippen molar-refractivity contribution in [3.63, 3.8) is 0 Å². The zero-order chi connectivity index (χ0) is 31.1. The van der Waals surface area contributed by atoms with E-state index in [1.54, 1.807) is 21.7 Å². The molecule has 5 rings (SSSR count). The second-order valence-electron chi connectivity index (χ2n) is 14.0. The Bertz CT molecular complexity index is 1450. The molecule has 2 N–H and O–H groups in total. The number of carbonyl (C=O) groups excluding carboxylic acids is 3. The van der Waals surface area contributed by atoms with Gasteiger partial charge in [-0.2, -0.15) is 9.61 Å². The highest BCUT2D eigenvalue weighted by molar-refractivity contribution is 6.02. The molecule has 2 aliphatic carbocycles. The number of carbonyl (C=O) groups is 3. The summed E-state index contributed by atoms with van der Waals surface area (Å²) in [5.74, 6) is 1.14. The maximum Gasteiger partial charge on any atom is 0.416 e. The van der Waals surface area contributed by atoms with E-state index in [0.29, 0.717) is 47.0 Å². The Labute approximate surface area is 253 Å². The second kappa shape index (κ2) is 11.7. The molecule has 11 nitrogen and oxygen atoms in total. The number of nitrogens with zero attached hydrogens (tertiary/aromatic N) is 4. The van der Waals surface area contributed by atoms with Gasteiger partial charge in [0.05, 0.1) is 6.20 Å². The van der Waals surface area contributed by atoms with Crippen molar-refractivity contribution in [1.82, 2.24) is 19.9 Å². The molecule has 3 heterocycles. The SMILES string of the molecule is C=C1C/C(=C\c2cnn3c(N(C(=O)OC(C)(C)C)C4CC4)cc(NC4CCC(CC(=O)OC(C)(C)C)CC4)nc23)C(=O)N1. The lowest BCUT2D eigenvalue weighted by molar-refractivity contribution is -0.156. The topological polar surface area (TPSA) is 127 Å². The molecule has 11 heteroatoms. The molecule has 2 aromatic rings. The van der Waals surface area contributed by atoms with Crippen molar-refractivity contribution in [3.05, 3.63) is 35.7 Å². The quantitative estimate of drug-likeness (QED) is 0.307. The van der Waals surface area contributed by atoms with Crippen LogP contribution in [-0.2, 0) is 19.1 Å². The lowest BCUT2D eigenvalue weighted by Gasteiger charge is -2.30. The van der Waals surface area contributed by atoms with E-state index >= 15 is 0 Å². The van der Waals surface area contributed by atoms with E-state index in [1.165, 1.54) is 0 Å². The molecule has 43 heavy (non-hydrogen) atoms. The number of aromatic nitrogens is 3. The molecule has 1 aliphatic heterocycles. The molecule has 0 spiro atoms. The molecule has 0 radical (unpaired) electrons. The molecule has 0 unspecified atom stereocenters. The first-order valence-electron chi connectivity index (χ1n) is 15.2. The zero-order valence-corrected chi connectivity index (χ0v) is 26.2. The molecule has 3 aliphatic rings. The Morgan fingerprint density at radius 1 is 1.09 bits per heavy atom. The van der Waals surface area contributed by atoms with Crippen molar-refractivity contribution in [3.8, 4) is 0 Å². The van der Waals surface area contributed by atoms with Crippen LogP contribution in [0.1, 0.15) is 98.5 Å². The minimum atomic E-state index is -0.659. The third-order valence-corrected chi connectivity index (χ3v) is 7.62. The number of fused-ring (bicyclic) bond motifs is 1. The summed E-state index contributed by atoms with van der Waals surface area (Å²) in [5, 5.41) is 10.9. The molecule has 2 aromatic heterocycles. The van der Waals surface area contributed by atoms with Gasteiger partial charge >= 0.3 is 12.1 Å². The molecular weight excluding hydrogens is 548 g/mol. The minimum Gasteiger partial charge on any atom is -0.460 e. The van der Waals surface area contributed by atoms with Gasteiger partial charge in [-0.15, -0.1) is 0 Å². The Kier molecular flexibility index (Phi) is 8.28. The van der Waals surface area contributed by atoms with Crippen LogP contribution in [0.3, 0.4) is 0 Å². The zero-order valence-electron chi connectivity index (χ0n) is 26.2. The third kappa shape index (κ3) is 7.74. The Hall–Kier alpha value is -3.89. The van der Waals surface area contributed by atoms with Crippen molar-refractivity contribution < 1.29 is 23.9 Å². The Balaban J connectivity index is 1.42. The highest BCUT2D eigenvalue weighted by atomic mass is 16.6. The van der Waals surface area contributed by atoms with Gasteiger partial charge in [-0.3, -0.25) is 14.5 Å². The average molecular weight is 593 g/mol. The van der Waals surface area contributed by atoms with E-state index in [9.17, 15) is 14.4 Å². The summed E-state index contributed by atoms with van der Waals surface area (Å²) in [5.41, 5.74) is 1.29. The van der Waals surface area contributed by atoms with Crippen LogP contribution in [0.15, 0.2) is 30.1 Å². The predicted octanol–water partition coefficient (Wildman–Crippen LogP) is 5.75. The summed E-state index contributed by atoms with van der Waals surface area (Å²) in [6.07, 6.45) is 9.19. The van der Waals surface area contributed by atoms with Crippen LogP contribution in [0.2, 0.25) is 0 Å². The Morgan fingerprint density at radius 2 is 1.77 bits per heavy atom. The van der Waals surface area contributed by atoms with Gasteiger partial charge in [0, 0.05) is 47.8 Å². The van der Waals surface area contributed by atoms with Gasteiger partial charge in [0.15, 0.2) is 5.65 Å². The van der Waals surface area contributed by atoms with Crippen LogP contribution in [0.25, 0.3) is 11.7 Å². The van der Waals surface area contributed by atoms with E-state index in [1.807, 2.05) is 47.6 Å². The van der Waals surface area contributed by atoms with E-state index in [-0.39, 0.29) is 29.9 Å². The summed E-state index contributed by atoms with van der Waals surface area (Å²) >= 11 is 0. The second-order valence-corrected chi connectivity index (χ2v) is 14.0. The van der Waals surface area contributed by atoms with Gasteiger partial charge in [0.1, 0.15) is 22.8 Å². The van der Waals surface area contributed by atoms with Crippen molar-refractivity contribution in [2.75, 3.05) is 10.2 Å². The molecule has 0 atom stereocenters. The average Bonchev–Trinajstić information content (AvgIpc) is 3.54. The van der Waals surface area contributed by atoms with E-state index in [4.69, 9.17) is 14.5 Å². The first kappa shape index (κ1) is 30.6. The molecule has 0 aromatic carbocycles. The largest absolute Gasteiger partial charge is 0.460 e. The molecule has 1 saturated heterocycles. The van der Waals surface area contributed by atoms with Crippen LogP contribution in [0.4, 0.5) is 16.4 Å². The van der Waals surface area contributed by atoms with Crippen molar-refractivity contribution in [1.29, 1.82) is 0 Å². The predicted molar refractivity (Wildman–Crippen MR) is 164 cm³/mol. The fraction of sp³-hybridized carbons (Fsp3) is 0.594. The molecular formula is C32H44N6O5. The Morgan fingerprint density at radius 3 is 2.35 bits per heavy atom. The standard InChI is InChI=1S/C32H44N6O5/c1-19-14-21(29(40)34-19)16-22-18-33-38-26(37(24-12-13-24)30(41)43-32(5,6)7)17-25(36-28(22)38)35-23-10-8-20(9-11-23)15-27(39)42-31(2,3)4/h16-18,20,23-24H,1,8-15H2,2-7H3,(H,34,40)(H,35,36)/b21-16+. The number of rotatable bonds is 7. The normalized spacial score (nSPS) is 22.0. The molecule has 2 amide bonds. The van der Waals surface area contributed by atoms with E-state index < -0.39 is 17.3 Å². The van der Waals surface area contributed by atoms with Crippen molar-refractivity contribution >= 4 is 41.3 Å². The smallest absolute Gasteiger partial charge is 0.416 e. The number of anilines is 2. The minimum absolute atomic E-state index is 0.00605. The van der Waals surface area contributed by atoms with E-state index in [2.05, 4.69) is 22.3 Å². The lowest BCUT2D eigenvalue weighted by atomic mass is 9.84. The lowest BCUT2D eigenvalue weighted by Crippen LogP contribution is -2.39. The van der Waals surface area contributed by atoms with Crippen LogP contribution in [0.5, 0.6) is 0 Å². The van der Waals surface area contributed by atoms with Gasteiger partial charge in [-0.05, 0) is 92.1 Å². The first-order valence-corrected chi connectivity index (χ1v) is 15.2. The summed E-state index contributed by atoms with van der Waals surface area (Å²) in [6, 6.07) is 2.02. The highest BCUT2D eigenvalue weighted by Crippen LogP contribution is 2.36. The molecule has 0 bridgehead atoms. The number of esters is 1. The number of hydrogen-bond donors (Lipinski definition) is 2. The summed E-state index contributed by atoms with van der Waals surface area (Å²) < 4.78 is 13.0. The first-order chi connectivity index (χ1) is 20.1. The number of amides is 2. The summed E-state index contributed by atoms with van der Waals surface area (Å²) in [4.78, 5) is 44.9. The fourth-order valence-corrected chi connectivity index (χ4v) is 5.62. The van der Waals surface area contributed by atoms with Gasteiger partial charge in [0.25, 0.3) is 5.91 Å². The summed E-state index contributed by atoms with van der Waals surface area (Å²) in [6.45, 7) is 15.1. The van der Waals surface area contributed by atoms with Gasteiger partial charge in [0.2, 0.25) is 0 Å². The maximum atomic E-state index is 13.5. The highest BCUT2D eigenvalue weighted by Gasteiger charge is 2.38. The van der Waals surface area contributed by atoms with Gasteiger partial charge in [-0.25, -0.2) is 9.78 Å². The van der Waals surface area contributed by atoms with Crippen molar-refractivity contribution in [2.24, 2.45) is 5.92 Å². The number of nitrogens with one attached hydrogen (secondary N) is 2. The van der Waals surface area contributed by atoms with Gasteiger partial charge in [-0.1, -0.05) is 6.58 Å². The number of ether oxygens (including phenoxy) is 2. The third-order valence-electron chi connectivity index (χ3n) is 7.62. The fourth-order valence-electron chi connectivity index (χ4n) is 5.62. The number of allylic oxidation sites excluding steroid dienone is 1. The van der Waals surface area contributed by atoms with Crippen LogP contribution >= 0.6 is 0 Å².